The first-order chi connectivity index (χ1) is 13.3. The average molecular weight is 382 g/mol. The second-order valence-electron chi connectivity index (χ2n) is 7.40. The van der Waals surface area contributed by atoms with Crippen LogP contribution in [0.1, 0.15) is 36.0 Å². The molecular formula is C22H27FN4O. The Bertz CT molecular complexity index is 928. The number of anilines is 1. The molecule has 1 fully saturated rings. The fourth-order valence-electron chi connectivity index (χ4n) is 3.57. The van der Waals surface area contributed by atoms with Crippen LogP contribution in [0.15, 0.2) is 36.0 Å². The van der Waals surface area contributed by atoms with E-state index in [1.165, 1.54) is 6.07 Å². The van der Waals surface area contributed by atoms with Crippen molar-refractivity contribution in [2.24, 2.45) is 5.73 Å². The van der Waals surface area contributed by atoms with Gasteiger partial charge in [-0.25, -0.2) is 4.39 Å². The van der Waals surface area contributed by atoms with Crippen LogP contribution >= 0.6 is 0 Å². The van der Waals surface area contributed by atoms with E-state index >= 15 is 0 Å². The third-order valence-corrected chi connectivity index (χ3v) is 5.18. The van der Waals surface area contributed by atoms with Crippen LogP contribution in [-0.4, -0.2) is 19.0 Å². The Balaban J connectivity index is 2.08. The van der Waals surface area contributed by atoms with Gasteiger partial charge in [0.2, 0.25) is 0 Å². The first-order valence-corrected chi connectivity index (χ1v) is 9.47. The zero-order chi connectivity index (χ0) is 20.4. The van der Waals surface area contributed by atoms with Crippen LogP contribution < -0.4 is 22.1 Å². The topological polar surface area (TPSA) is 93.2 Å². The number of amides is 1. The summed E-state index contributed by atoms with van der Waals surface area (Å²) in [6.45, 7) is 3.91. The number of hydrogen-bond acceptors (Lipinski definition) is 4. The molecule has 0 saturated heterocycles. The van der Waals surface area contributed by atoms with E-state index in [4.69, 9.17) is 11.5 Å². The summed E-state index contributed by atoms with van der Waals surface area (Å²) in [6, 6.07) is 8.87. The van der Waals surface area contributed by atoms with Crippen LogP contribution in [0, 0.1) is 19.7 Å². The van der Waals surface area contributed by atoms with Crippen molar-refractivity contribution < 1.29 is 9.18 Å². The first-order valence-electron chi connectivity index (χ1n) is 9.47. The Kier molecular flexibility index (Phi) is 5.58. The number of nitrogens with two attached hydrogens (primary N) is 2. The van der Waals surface area contributed by atoms with Gasteiger partial charge < -0.3 is 22.1 Å². The van der Waals surface area contributed by atoms with Gasteiger partial charge in [-0.1, -0.05) is 29.3 Å². The summed E-state index contributed by atoms with van der Waals surface area (Å²) in [4.78, 5) is 12.5. The smallest absolute Gasteiger partial charge is 0.269 e. The lowest BCUT2D eigenvalue weighted by Crippen LogP contribution is -2.42. The predicted molar refractivity (Wildman–Crippen MR) is 112 cm³/mol. The van der Waals surface area contributed by atoms with Crippen LogP contribution in [-0.2, 0) is 4.79 Å². The number of aryl methyl sites for hydroxylation is 2. The third kappa shape index (κ3) is 3.81. The molecule has 0 heterocycles. The molecule has 28 heavy (non-hydrogen) atoms. The standard InChI is InChI=1S/C22H27FN4O/c1-12-9-13(2)11-14(10-12)18-17(23)8-7-16(19(18)24)21(26-3)20(25)22(28)27-15-5-4-6-15/h7-11,15,26H,4-6,24-25H2,1-3H3,(H,27,28)/b21-20+. The van der Waals surface area contributed by atoms with Crippen LogP contribution in [0.4, 0.5) is 10.1 Å². The Morgan fingerprint density at radius 3 is 2.32 bits per heavy atom. The number of carbonyl (C=O) groups is 1. The maximum Gasteiger partial charge on any atom is 0.269 e. The van der Waals surface area contributed by atoms with Crippen molar-refractivity contribution in [1.29, 1.82) is 0 Å². The predicted octanol–water partition coefficient (Wildman–Crippen LogP) is 3.21. The summed E-state index contributed by atoms with van der Waals surface area (Å²) in [5.41, 5.74) is 16.7. The number of nitrogen functional groups attached to an aromatic ring is 1. The molecule has 1 amide bonds. The van der Waals surface area contributed by atoms with Crippen LogP contribution in [0.2, 0.25) is 0 Å². The van der Waals surface area contributed by atoms with Crippen LogP contribution in [0.5, 0.6) is 0 Å². The Morgan fingerprint density at radius 1 is 1.14 bits per heavy atom. The molecule has 0 bridgehead atoms. The zero-order valence-electron chi connectivity index (χ0n) is 16.5. The van der Waals surface area contributed by atoms with E-state index in [0.717, 1.165) is 30.4 Å². The second-order valence-corrected chi connectivity index (χ2v) is 7.40. The molecule has 0 radical (unpaired) electrons. The summed E-state index contributed by atoms with van der Waals surface area (Å²) in [7, 11) is 1.66. The zero-order valence-corrected chi connectivity index (χ0v) is 16.5. The lowest BCUT2D eigenvalue weighted by molar-refractivity contribution is -0.118. The average Bonchev–Trinajstić information content (AvgIpc) is 2.59. The summed E-state index contributed by atoms with van der Waals surface area (Å²) in [6.07, 6.45) is 3.03. The van der Waals surface area contributed by atoms with Gasteiger partial charge in [0.15, 0.2) is 0 Å². The summed E-state index contributed by atoms with van der Waals surface area (Å²) >= 11 is 0. The van der Waals surface area contributed by atoms with Crippen molar-refractivity contribution in [3.8, 4) is 11.1 Å². The van der Waals surface area contributed by atoms with E-state index in [0.29, 0.717) is 22.4 Å². The molecule has 0 spiro atoms. The number of hydrogen-bond donors (Lipinski definition) is 4. The minimum absolute atomic E-state index is 0.0408. The van der Waals surface area contributed by atoms with Gasteiger partial charge in [-0.3, -0.25) is 4.79 Å². The molecule has 0 aliphatic heterocycles. The van der Waals surface area contributed by atoms with Gasteiger partial charge in [0.25, 0.3) is 5.91 Å². The van der Waals surface area contributed by atoms with Crippen molar-refractivity contribution in [2.45, 2.75) is 39.2 Å². The Hall–Kier alpha value is -3.02. The molecule has 6 N–H and O–H groups in total. The third-order valence-electron chi connectivity index (χ3n) is 5.18. The van der Waals surface area contributed by atoms with Gasteiger partial charge in [0.1, 0.15) is 11.5 Å². The number of rotatable bonds is 5. The fourth-order valence-corrected chi connectivity index (χ4v) is 3.57. The molecule has 1 aliphatic rings. The van der Waals surface area contributed by atoms with Crippen LogP contribution in [0.25, 0.3) is 16.8 Å². The summed E-state index contributed by atoms with van der Waals surface area (Å²) < 4.78 is 14.7. The Labute approximate surface area is 165 Å². The molecule has 2 aromatic carbocycles. The van der Waals surface area contributed by atoms with Crippen molar-refractivity contribution in [2.75, 3.05) is 12.8 Å². The largest absolute Gasteiger partial charge is 0.398 e. The highest BCUT2D eigenvalue weighted by atomic mass is 19.1. The monoisotopic (exact) mass is 382 g/mol. The number of halogens is 1. The molecule has 1 saturated carbocycles. The van der Waals surface area contributed by atoms with E-state index < -0.39 is 5.82 Å². The number of nitrogens with one attached hydrogen (secondary N) is 2. The summed E-state index contributed by atoms with van der Waals surface area (Å²) in [5, 5.41) is 5.88. The van der Waals surface area contributed by atoms with Gasteiger partial charge in [-0.2, -0.15) is 0 Å². The van der Waals surface area contributed by atoms with Gasteiger partial charge in [-0.15, -0.1) is 0 Å². The minimum atomic E-state index is -0.417. The molecule has 148 valence electrons. The quantitative estimate of drug-likeness (QED) is 0.472. The van der Waals surface area contributed by atoms with Gasteiger partial charge >= 0.3 is 0 Å². The highest BCUT2D eigenvalue weighted by Gasteiger charge is 2.23. The van der Waals surface area contributed by atoms with Gasteiger partial charge in [0, 0.05) is 24.2 Å². The lowest BCUT2D eigenvalue weighted by atomic mass is 9.93. The van der Waals surface area contributed by atoms with Gasteiger partial charge in [-0.05, 0) is 50.8 Å². The van der Waals surface area contributed by atoms with Crippen molar-refractivity contribution in [3.05, 3.63) is 58.5 Å². The minimum Gasteiger partial charge on any atom is -0.398 e. The molecule has 0 unspecified atom stereocenters. The van der Waals surface area contributed by atoms with Crippen molar-refractivity contribution in [3.63, 3.8) is 0 Å². The lowest BCUT2D eigenvalue weighted by Gasteiger charge is -2.27. The number of benzene rings is 2. The molecular weight excluding hydrogens is 355 g/mol. The molecule has 1 aliphatic carbocycles. The van der Waals surface area contributed by atoms with E-state index in [-0.39, 0.29) is 23.3 Å². The van der Waals surface area contributed by atoms with Crippen LogP contribution in [0.3, 0.4) is 0 Å². The fraction of sp³-hybridized carbons (Fsp3) is 0.318. The SMILES string of the molecule is CN/C(=C(/N)C(=O)NC1CCC1)c1ccc(F)c(-c2cc(C)cc(C)c2)c1N. The van der Waals surface area contributed by atoms with E-state index in [9.17, 15) is 9.18 Å². The molecule has 0 atom stereocenters. The molecule has 0 aromatic heterocycles. The molecule has 3 rings (SSSR count). The van der Waals surface area contributed by atoms with E-state index in [1.807, 2.05) is 32.0 Å². The Morgan fingerprint density at radius 2 is 1.79 bits per heavy atom. The highest BCUT2D eigenvalue weighted by molar-refractivity contribution is 6.02. The molecule has 5 nitrogen and oxygen atoms in total. The maximum atomic E-state index is 14.7. The highest BCUT2D eigenvalue weighted by Crippen LogP contribution is 2.35. The first kappa shape index (κ1) is 19.7. The molecule has 6 heteroatoms. The normalized spacial score (nSPS) is 14.9. The van der Waals surface area contributed by atoms with Crippen molar-refractivity contribution in [1.82, 2.24) is 10.6 Å². The van der Waals surface area contributed by atoms with E-state index in [1.54, 1.807) is 13.1 Å². The maximum absolute atomic E-state index is 14.7. The number of carbonyl (C=O) groups excluding carboxylic acids is 1. The van der Waals surface area contributed by atoms with E-state index in [2.05, 4.69) is 10.6 Å². The summed E-state index contributed by atoms with van der Waals surface area (Å²) in [5.74, 6) is -0.759. The van der Waals surface area contributed by atoms with Crippen molar-refractivity contribution >= 4 is 17.3 Å². The molecule has 2 aromatic rings. The van der Waals surface area contributed by atoms with Gasteiger partial charge in [0.05, 0.1) is 11.4 Å². The second kappa shape index (κ2) is 7.92.